The predicted molar refractivity (Wildman–Crippen MR) is 39.8 cm³/mol. The number of rotatable bonds is 2. The van der Waals surface area contributed by atoms with Crippen LogP contribution in [0.2, 0.25) is 0 Å². The van der Waals surface area contributed by atoms with Crippen molar-refractivity contribution in [2.24, 2.45) is 0 Å². The number of hydrogen-bond donors (Lipinski definition) is 0. The molecule has 0 unspecified atom stereocenters. The van der Waals surface area contributed by atoms with Crippen LogP contribution in [0.4, 0.5) is 0 Å². The topological polar surface area (TPSA) is 26.0 Å². The molecule has 1 aromatic heterocycles. The number of nitrogens with zero attached hydrogens (tertiary/aromatic N) is 1. The van der Waals surface area contributed by atoms with Gasteiger partial charge in [0.2, 0.25) is 0 Å². The molecule has 0 N–H and O–H groups in total. The average Bonchev–Trinajstić information content (AvgIpc) is 2.38. The van der Waals surface area contributed by atoms with Crippen LogP contribution in [-0.2, 0) is 5.41 Å². The summed E-state index contributed by atoms with van der Waals surface area (Å²) in [5.41, 5.74) is 0.135. The highest BCUT2D eigenvalue weighted by molar-refractivity contribution is 5.07. The van der Waals surface area contributed by atoms with E-state index in [2.05, 4.69) is 25.9 Å². The fourth-order valence-electron chi connectivity index (χ4n) is 0.739. The summed E-state index contributed by atoms with van der Waals surface area (Å²) in [6.45, 7) is 6.43. The lowest BCUT2D eigenvalue weighted by atomic mass is 9.88. The molecule has 2 nitrogen and oxygen atoms in total. The summed E-state index contributed by atoms with van der Waals surface area (Å²) in [6, 6.07) is 1.92. The quantitative estimate of drug-likeness (QED) is 0.628. The van der Waals surface area contributed by atoms with Crippen molar-refractivity contribution in [1.82, 2.24) is 5.16 Å². The molecule has 1 aromatic rings. The highest BCUT2D eigenvalue weighted by atomic mass is 16.5. The van der Waals surface area contributed by atoms with Crippen molar-refractivity contribution in [3.05, 3.63) is 18.0 Å². The van der Waals surface area contributed by atoms with Crippen molar-refractivity contribution in [3.63, 3.8) is 0 Å². The van der Waals surface area contributed by atoms with Gasteiger partial charge in [0.25, 0.3) is 0 Å². The Morgan fingerprint density at radius 2 is 2.30 bits per heavy atom. The highest BCUT2D eigenvalue weighted by Crippen LogP contribution is 2.25. The summed E-state index contributed by atoms with van der Waals surface area (Å²) in [7, 11) is 0. The zero-order valence-corrected chi connectivity index (χ0v) is 6.72. The van der Waals surface area contributed by atoms with Crippen LogP contribution >= 0.6 is 0 Å². The Hall–Kier alpha value is -0.790. The Morgan fingerprint density at radius 1 is 1.60 bits per heavy atom. The molecule has 56 valence electrons. The van der Waals surface area contributed by atoms with Crippen LogP contribution < -0.4 is 0 Å². The third kappa shape index (κ3) is 1.20. The summed E-state index contributed by atoms with van der Waals surface area (Å²) in [5, 5.41) is 3.66. The number of hydrogen-bond acceptors (Lipinski definition) is 2. The molecule has 0 aliphatic rings. The van der Waals surface area contributed by atoms with E-state index >= 15 is 0 Å². The monoisotopic (exact) mass is 139 g/mol. The normalized spacial score (nSPS) is 11.9. The zero-order valence-electron chi connectivity index (χ0n) is 6.72. The van der Waals surface area contributed by atoms with Gasteiger partial charge in [-0.1, -0.05) is 25.9 Å². The second-order valence-electron chi connectivity index (χ2n) is 3.11. The molecular weight excluding hydrogens is 126 g/mol. The van der Waals surface area contributed by atoms with E-state index in [0.717, 1.165) is 12.2 Å². The van der Waals surface area contributed by atoms with Crippen LogP contribution in [0.5, 0.6) is 0 Å². The minimum atomic E-state index is 0.135. The molecule has 0 aromatic carbocycles. The first-order valence-corrected chi connectivity index (χ1v) is 3.58. The van der Waals surface area contributed by atoms with Crippen LogP contribution in [0.25, 0.3) is 0 Å². The van der Waals surface area contributed by atoms with E-state index in [9.17, 15) is 0 Å². The Morgan fingerprint density at radius 3 is 2.70 bits per heavy atom. The van der Waals surface area contributed by atoms with Gasteiger partial charge in [0.1, 0.15) is 5.76 Å². The molecule has 0 radical (unpaired) electrons. The van der Waals surface area contributed by atoms with Gasteiger partial charge < -0.3 is 4.52 Å². The molecule has 0 spiro atoms. The molecule has 0 atom stereocenters. The van der Waals surface area contributed by atoms with Crippen LogP contribution in [0.3, 0.4) is 0 Å². The fraction of sp³-hybridized carbons (Fsp3) is 0.625. The number of aromatic nitrogens is 1. The lowest BCUT2D eigenvalue weighted by Crippen LogP contribution is -2.13. The predicted octanol–water partition coefficient (Wildman–Crippen LogP) is 2.36. The van der Waals surface area contributed by atoms with E-state index < -0.39 is 0 Å². The van der Waals surface area contributed by atoms with E-state index in [-0.39, 0.29) is 5.41 Å². The molecule has 10 heavy (non-hydrogen) atoms. The lowest BCUT2D eigenvalue weighted by molar-refractivity contribution is 0.310. The molecule has 0 amide bonds. The van der Waals surface area contributed by atoms with Crippen molar-refractivity contribution >= 4 is 0 Å². The summed E-state index contributed by atoms with van der Waals surface area (Å²) >= 11 is 0. The van der Waals surface area contributed by atoms with Crippen LogP contribution in [-0.4, -0.2) is 5.16 Å². The average molecular weight is 139 g/mol. The molecule has 0 saturated heterocycles. The van der Waals surface area contributed by atoms with E-state index in [0.29, 0.717) is 0 Å². The maximum absolute atomic E-state index is 5.04. The highest BCUT2D eigenvalue weighted by Gasteiger charge is 2.21. The maximum Gasteiger partial charge on any atom is 0.142 e. The minimum absolute atomic E-state index is 0.135. The Balaban J connectivity index is 2.85. The summed E-state index contributed by atoms with van der Waals surface area (Å²) in [6.07, 6.45) is 2.76. The van der Waals surface area contributed by atoms with Gasteiger partial charge in [0.15, 0.2) is 0 Å². The minimum Gasteiger partial charge on any atom is -0.361 e. The molecule has 0 bridgehead atoms. The molecule has 0 fully saturated rings. The summed E-state index contributed by atoms with van der Waals surface area (Å²) in [4.78, 5) is 0. The van der Waals surface area contributed by atoms with Crippen LogP contribution in [0.15, 0.2) is 16.8 Å². The van der Waals surface area contributed by atoms with Crippen molar-refractivity contribution in [2.75, 3.05) is 0 Å². The van der Waals surface area contributed by atoms with Gasteiger partial charge in [-0.15, -0.1) is 0 Å². The van der Waals surface area contributed by atoms with Gasteiger partial charge in [0.05, 0.1) is 6.20 Å². The molecular formula is C8H13NO. The second-order valence-corrected chi connectivity index (χ2v) is 3.11. The molecule has 1 heterocycles. The standard InChI is InChI=1S/C8H13NO/c1-4-8(2,3)7-5-6-9-10-7/h5-6H,4H2,1-3H3. The van der Waals surface area contributed by atoms with Gasteiger partial charge in [0, 0.05) is 11.5 Å². The fourth-order valence-corrected chi connectivity index (χ4v) is 0.739. The molecule has 0 aliphatic carbocycles. The summed E-state index contributed by atoms with van der Waals surface area (Å²) < 4.78 is 5.04. The SMILES string of the molecule is CCC(C)(C)c1ccno1. The van der Waals surface area contributed by atoms with Crippen molar-refractivity contribution in [2.45, 2.75) is 32.6 Å². The lowest BCUT2D eigenvalue weighted by Gasteiger charge is -2.17. The van der Waals surface area contributed by atoms with E-state index in [4.69, 9.17) is 4.52 Å². The maximum atomic E-state index is 5.04. The van der Waals surface area contributed by atoms with Crippen LogP contribution in [0, 0.1) is 0 Å². The Labute approximate surface area is 61.2 Å². The van der Waals surface area contributed by atoms with Gasteiger partial charge in [-0.25, -0.2) is 0 Å². The third-order valence-corrected chi connectivity index (χ3v) is 1.99. The van der Waals surface area contributed by atoms with E-state index in [1.54, 1.807) is 6.20 Å². The molecule has 0 saturated carbocycles. The molecule has 0 aliphatic heterocycles. The molecule has 1 rings (SSSR count). The molecule has 2 heteroatoms. The second kappa shape index (κ2) is 2.45. The Bertz CT molecular complexity index is 189. The third-order valence-electron chi connectivity index (χ3n) is 1.99. The van der Waals surface area contributed by atoms with Crippen molar-refractivity contribution in [3.8, 4) is 0 Å². The van der Waals surface area contributed by atoms with Gasteiger partial charge >= 0.3 is 0 Å². The van der Waals surface area contributed by atoms with E-state index in [1.807, 2.05) is 6.07 Å². The van der Waals surface area contributed by atoms with Gasteiger partial charge in [-0.05, 0) is 6.42 Å². The zero-order chi connectivity index (χ0) is 7.61. The van der Waals surface area contributed by atoms with Gasteiger partial charge in [-0.3, -0.25) is 0 Å². The van der Waals surface area contributed by atoms with Gasteiger partial charge in [-0.2, -0.15) is 0 Å². The Kier molecular flexibility index (Phi) is 1.79. The largest absolute Gasteiger partial charge is 0.361 e. The first-order chi connectivity index (χ1) is 4.67. The smallest absolute Gasteiger partial charge is 0.142 e. The van der Waals surface area contributed by atoms with Crippen LogP contribution in [0.1, 0.15) is 33.0 Å². The summed E-state index contributed by atoms with van der Waals surface area (Å²) in [5.74, 6) is 0.968. The first-order valence-electron chi connectivity index (χ1n) is 3.58. The van der Waals surface area contributed by atoms with E-state index in [1.165, 1.54) is 0 Å². The van der Waals surface area contributed by atoms with Crippen molar-refractivity contribution in [1.29, 1.82) is 0 Å². The van der Waals surface area contributed by atoms with Crippen molar-refractivity contribution < 1.29 is 4.52 Å². The first kappa shape index (κ1) is 7.32.